The molecule has 3 heteroatoms. The second kappa shape index (κ2) is 4.94. The highest BCUT2D eigenvalue weighted by atomic mass is 16.5. The first-order valence-electron chi connectivity index (χ1n) is 4.91. The smallest absolute Gasteiger partial charge is 0.213 e. The lowest BCUT2D eigenvalue weighted by Gasteiger charge is -2.04. The van der Waals surface area contributed by atoms with Gasteiger partial charge in [-0.15, -0.1) is 0 Å². The van der Waals surface area contributed by atoms with Crippen molar-refractivity contribution in [1.29, 1.82) is 5.26 Å². The highest BCUT2D eigenvalue weighted by molar-refractivity contribution is 5.31. The van der Waals surface area contributed by atoms with E-state index in [1.807, 2.05) is 30.3 Å². The lowest BCUT2D eigenvalue weighted by atomic mass is 10.2. The van der Waals surface area contributed by atoms with Crippen LogP contribution in [0.4, 0.5) is 0 Å². The van der Waals surface area contributed by atoms with E-state index in [-0.39, 0.29) is 0 Å². The van der Waals surface area contributed by atoms with Crippen molar-refractivity contribution in [2.75, 3.05) is 0 Å². The van der Waals surface area contributed by atoms with Gasteiger partial charge in [0.05, 0.1) is 11.6 Å². The molecule has 0 spiro atoms. The Hall–Kier alpha value is -2.34. The number of aromatic nitrogens is 1. The van der Waals surface area contributed by atoms with Crippen molar-refractivity contribution in [3.8, 4) is 11.9 Å². The van der Waals surface area contributed by atoms with E-state index >= 15 is 0 Å². The molecule has 0 atom stereocenters. The Kier molecular flexibility index (Phi) is 3.15. The van der Waals surface area contributed by atoms with Gasteiger partial charge in [0, 0.05) is 12.3 Å². The van der Waals surface area contributed by atoms with Crippen molar-refractivity contribution < 1.29 is 4.74 Å². The number of rotatable bonds is 3. The Morgan fingerprint density at radius 2 is 1.94 bits per heavy atom. The van der Waals surface area contributed by atoms with Gasteiger partial charge in [-0.1, -0.05) is 18.2 Å². The minimum atomic E-state index is 0.461. The second-order valence-electron chi connectivity index (χ2n) is 3.27. The summed E-state index contributed by atoms with van der Waals surface area (Å²) in [7, 11) is 0. The largest absolute Gasteiger partial charge is 0.473 e. The van der Waals surface area contributed by atoms with E-state index in [1.54, 1.807) is 18.3 Å². The van der Waals surface area contributed by atoms with Crippen LogP contribution in [0.5, 0.6) is 5.88 Å². The average molecular weight is 210 g/mol. The predicted octanol–water partition coefficient (Wildman–Crippen LogP) is 2.53. The third kappa shape index (κ3) is 2.58. The minimum Gasteiger partial charge on any atom is -0.473 e. The fourth-order valence-electron chi connectivity index (χ4n) is 1.27. The number of ether oxygens (including phenoxy) is 1. The molecule has 0 bridgehead atoms. The van der Waals surface area contributed by atoms with Crippen LogP contribution in [-0.2, 0) is 6.61 Å². The van der Waals surface area contributed by atoms with Crippen molar-refractivity contribution in [2.45, 2.75) is 6.61 Å². The third-order valence-corrected chi connectivity index (χ3v) is 2.11. The van der Waals surface area contributed by atoms with Crippen molar-refractivity contribution in [1.82, 2.24) is 4.98 Å². The van der Waals surface area contributed by atoms with Crippen LogP contribution < -0.4 is 4.74 Å². The van der Waals surface area contributed by atoms with E-state index in [9.17, 15) is 0 Å². The summed E-state index contributed by atoms with van der Waals surface area (Å²) in [5.74, 6) is 0.604. The van der Waals surface area contributed by atoms with E-state index in [0.29, 0.717) is 18.1 Å². The average Bonchev–Trinajstić information content (AvgIpc) is 2.38. The Morgan fingerprint density at radius 1 is 1.12 bits per heavy atom. The summed E-state index contributed by atoms with van der Waals surface area (Å²) in [6, 6.07) is 14.9. The molecule has 0 N–H and O–H groups in total. The second-order valence-corrected chi connectivity index (χ2v) is 3.27. The highest BCUT2D eigenvalue weighted by Crippen LogP contribution is 2.09. The maximum absolute atomic E-state index is 8.65. The van der Waals surface area contributed by atoms with Crippen molar-refractivity contribution in [3.05, 3.63) is 59.8 Å². The first-order chi connectivity index (χ1) is 7.88. The number of pyridine rings is 1. The van der Waals surface area contributed by atoms with Crippen LogP contribution >= 0.6 is 0 Å². The molecule has 0 saturated carbocycles. The van der Waals surface area contributed by atoms with Gasteiger partial charge in [-0.05, 0) is 23.8 Å². The van der Waals surface area contributed by atoms with Crippen LogP contribution in [0, 0.1) is 11.3 Å². The van der Waals surface area contributed by atoms with Crippen LogP contribution in [0.1, 0.15) is 11.1 Å². The van der Waals surface area contributed by atoms with Gasteiger partial charge in [0.25, 0.3) is 0 Å². The predicted molar refractivity (Wildman–Crippen MR) is 59.7 cm³/mol. The molecule has 1 aromatic carbocycles. The number of hydrogen-bond donors (Lipinski definition) is 0. The molecule has 16 heavy (non-hydrogen) atoms. The summed E-state index contributed by atoms with van der Waals surface area (Å²) in [6.45, 7) is 0.461. The van der Waals surface area contributed by atoms with Gasteiger partial charge in [0.15, 0.2) is 0 Å². The lowest BCUT2D eigenvalue weighted by molar-refractivity contribution is 0.294. The van der Waals surface area contributed by atoms with E-state index < -0.39 is 0 Å². The van der Waals surface area contributed by atoms with Gasteiger partial charge in [-0.25, -0.2) is 4.98 Å². The molecular weight excluding hydrogens is 200 g/mol. The zero-order valence-corrected chi connectivity index (χ0v) is 8.63. The van der Waals surface area contributed by atoms with Crippen molar-refractivity contribution in [2.24, 2.45) is 0 Å². The number of benzene rings is 1. The van der Waals surface area contributed by atoms with Crippen LogP contribution in [0.2, 0.25) is 0 Å². The zero-order chi connectivity index (χ0) is 11.2. The maximum atomic E-state index is 8.65. The number of nitrogens with zero attached hydrogens (tertiary/aromatic N) is 2. The highest BCUT2D eigenvalue weighted by Gasteiger charge is 1.96. The van der Waals surface area contributed by atoms with Gasteiger partial charge in [-0.2, -0.15) is 5.26 Å². The molecule has 0 aliphatic heterocycles. The summed E-state index contributed by atoms with van der Waals surface area (Å²) in [6.07, 6.45) is 1.69. The molecule has 1 aromatic heterocycles. The molecule has 2 aromatic rings. The van der Waals surface area contributed by atoms with Gasteiger partial charge < -0.3 is 4.74 Å². The molecule has 0 unspecified atom stereocenters. The lowest BCUT2D eigenvalue weighted by Crippen LogP contribution is -1.96. The van der Waals surface area contributed by atoms with Gasteiger partial charge in [0.1, 0.15) is 6.61 Å². The molecule has 0 fully saturated rings. The summed E-state index contributed by atoms with van der Waals surface area (Å²) < 4.78 is 5.47. The van der Waals surface area contributed by atoms with E-state index in [4.69, 9.17) is 10.00 Å². The van der Waals surface area contributed by atoms with Gasteiger partial charge in [0.2, 0.25) is 5.88 Å². The van der Waals surface area contributed by atoms with Crippen LogP contribution in [0.3, 0.4) is 0 Å². The molecule has 1 heterocycles. The molecule has 0 amide bonds. The quantitative estimate of drug-likeness (QED) is 0.782. The molecule has 0 aliphatic carbocycles. The standard InChI is InChI=1S/C13H10N2O/c14-9-11-4-6-12(7-5-11)10-16-13-3-1-2-8-15-13/h1-8H,10H2. The van der Waals surface area contributed by atoms with Gasteiger partial charge in [-0.3, -0.25) is 0 Å². The maximum Gasteiger partial charge on any atom is 0.213 e. The van der Waals surface area contributed by atoms with Crippen LogP contribution in [-0.4, -0.2) is 4.98 Å². The summed E-state index contributed by atoms with van der Waals surface area (Å²) in [5, 5.41) is 8.65. The first-order valence-corrected chi connectivity index (χ1v) is 4.91. The Balaban J connectivity index is 1.98. The van der Waals surface area contributed by atoms with Gasteiger partial charge >= 0.3 is 0 Å². The first kappa shape index (κ1) is 10.2. The zero-order valence-electron chi connectivity index (χ0n) is 8.63. The van der Waals surface area contributed by atoms with E-state index in [1.165, 1.54) is 0 Å². The minimum absolute atomic E-state index is 0.461. The van der Waals surface area contributed by atoms with Crippen molar-refractivity contribution in [3.63, 3.8) is 0 Å². The van der Waals surface area contributed by atoms with E-state index in [0.717, 1.165) is 5.56 Å². The topological polar surface area (TPSA) is 45.9 Å². The fourth-order valence-corrected chi connectivity index (χ4v) is 1.27. The fraction of sp³-hybridized carbons (Fsp3) is 0.0769. The molecule has 0 aliphatic rings. The monoisotopic (exact) mass is 210 g/mol. The SMILES string of the molecule is N#Cc1ccc(COc2ccccn2)cc1. The molecule has 2 rings (SSSR count). The molecule has 78 valence electrons. The van der Waals surface area contributed by atoms with E-state index in [2.05, 4.69) is 11.1 Å². The van der Waals surface area contributed by atoms with Crippen molar-refractivity contribution >= 4 is 0 Å². The third-order valence-electron chi connectivity index (χ3n) is 2.11. The number of hydrogen-bond acceptors (Lipinski definition) is 3. The van der Waals surface area contributed by atoms with Crippen LogP contribution in [0.25, 0.3) is 0 Å². The Bertz CT molecular complexity index is 486. The normalized spacial score (nSPS) is 9.44. The number of nitriles is 1. The molecule has 3 nitrogen and oxygen atoms in total. The molecule has 0 saturated heterocycles. The Labute approximate surface area is 93.9 Å². The molecular formula is C13H10N2O. The Morgan fingerprint density at radius 3 is 2.56 bits per heavy atom. The summed E-state index contributed by atoms with van der Waals surface area (Å²) in [4.78, 5) is 4.05. The van der Waals surface area contributed by atoms with Crippen LogP contribution in [0.15, 0.2) is 48.7 Å². The molecule has 0 radical (unpaired) electrons. The summed E-state index contributed by atoms with van der Waals surface area (Å²) in [5.41, 5.74) is 1.67. The summed E-state index contributed by atoms with van der Waals surface area (Å²) >= 11 is 0.